The summed E-state index contributed by atoms with van der Waals surface area (Å²) in [7, 11) is 0. The molecule has 0 aromatic rings. The van der Waals surface area contributed by atoms with E-state index in [-0.39, 0.29) is 36.8 Å². The number of hydrogen-bond donors (Lipinski definition) is 8. The minimum Gasteiger partial charge on any atom is -0.379 e. The van der Waals surface area contributed by atoms with Crippen LogP contribution >= 0.6 is 37.9 Å². The third kappa shape index (κ3) is 23.1. The van der Waals surface area contributed by atoms with Crippen LogP contribution in [0.2, 0.25) is 0 Å². The summed E-state index contributed by atoms with van der Waals surface area (Å²) < 4.78 is 32.1. The van der Waals surface area contributed by atoms with Gasteiger partial charge in [-0.1, -0.05) is 0 Å². The molecule has 3 atom stereocenters. The van der Waals surface area contributed by atoms with E-state index in [1.54, 1.807) is 0 Å². The van der Waals surface area contributed by atoms with E-state index in [1.165, 1.54) is 0 Å². The number of nitrogens with one attached hydrogen (secondary N) is 3. The largest absolute Gasteiger partial charge is 0.379 e. The van der Waals surface area contributed by atoms with Crippen molar-refractivity contribution in [3.05, 3.63) is 0 Å². The number of amides is 4. The minimum absolute atomic E-state index is 0.0189. The maximum atomic E-state index is 12.4. The van der Waals surface area contributed by atoms with E-state index in [4.69, 9.17) is 39.9 Å². The van der Waals surface area contributed by atoms with E-state index in [0.717, 1.165) is 0 Å². The highest BCUT2D eigenvalue weighted by molar-refractivity contribution is 7.80. The van der Waals surface area contributed by atoms with Crippen molar-refractivity contribution in [3.63, 3.8) is 0 Å². The van der Waals surface area contributed by atoms with Crippen LogP contribution in [-0.2, 0) is 47.6 Å². The van der Waals surface area contributed by atoms with Gasteiger partial charge in [0.1, 0.15) is 12.1 Å². The van der Waals surface area contributed by atoms with Crippen molar-refractivity contribution in [1.29, 1.82) is 0 Å². The zero-order chi connectivity index (χ0) is 31.4. The molecule has 0 aliphatic carbocycles. The number of thiol groups is 3. The number of carbonyl (C=O) groups excluding carboxylic acids is 4. The van der Waals surface area contributed by atoms with Crippen molar-refractivity contribution in [2.24, 2.45) is 11.5 Å². The molecule has 42 heavy (non-hydrogen) atoms. The van der Waals surface area contributed by atoms with Gasteiger partial charge >= 0.3 is 0 Å². The summed E-state index contributed by atoms with van der Waals surface area (Å²) in [5.74, 6) is -1.76. The van der Waals surface area contributed by atoms with E-state index in [0.29, 0.717) is 72.7 Å². The molecule has 246 valence electrons. The summed E-state index contributed by atoms with van der Waals surface area (Å²) in [6, 6.07) is -2.74. The molecule has 7 N–H and O–H groups in total. The molecule has 0 heterocycles. The zero-order valence-corrected chi connectivity index (χ0v) is 26.5. The molecule has 0 aliphatic rings. The SMILES string of the molecule is NC(=O)CCOCCOCCOCCOCCOCCOCCNC(=O)[C@H](CS)NC(=O)[C@H](CS)NC(=O)[C@@H](N)CS. The summed E-state index contributed by atoms with van der Waals surface area (Å²) in [5.41, 5.74) is 10.6. The lowest BCUT2D eigenvalue weighted by atomic mass is 10.2. The lowest BCUT2D eigenvalue weighted by molar-refractivity contribution is -0.131. The van der Waals surface area contributed by atoms with Gasteiger partial charge in [-0.2, -0.15) is 37.9 Å². The van der Waals surface area contributed by atoms with Crippen LogP contribution in [0.1, 0.15) is 6.42 Å². The summed E-state index contributed by atoms with van der Waals surface area (Å²) in [5, 5.41) is 7.68. The normalized spacial score (nSPS) is 13.2. The molecule has 0 unspecified atom stereocenters. The van der Waals surface area contributed by atoms with Gasteiger partial charge in [-0.05, 0) is 0 Å². The Morgan fingerprint density at radius 1 is 0.548 bits per heavy atom. The quantitative estimate of drug-likeness (QED) is 0.0302. The molecule has 0 spiro atoms. The van der Waals surface area contributed by atoms with Crippen LogP contribution < -0.4 is 27.4 Å². The number of nitrogens with two attached hydrogens (primary N) is 2. The maximum Gasteiger partial charge on any atom is 0.244 e. The molecule has 0 saturated carbocycles. The van der Waals surface area contributed by atoms with Crippen LogP contribution in [0.4, 0.5) is 0 Å². The molecule has 0 aromatic heterocycles. The number of carbonyl (C=O) groups is 4. The van der Waals surface area contributed by atoms with Crippen molar-refractivity contribution in [1.82, 2.24) is 16.0 Å². The fraction of sp³-hybridized carbons (Fsp3) is 0.833. The Hall–Kier alpha value is -1.35. The molecule has 0 aliphatic heterocycles. The van der Waals surface area contributed by atoms with Gasteiger partial charge in [-0.15, -0.1) is 0 Å². The summed E-state index contributed by atoms with van der Waals surface area (Å²) in [6.45, 7) is 4.81. The molecule has 0 bridgehead atoms. The highest BCUT2D eigenvalue weighted by atomic mass is 32.1. The summed E-state index contributed by atoms with van der Waals surface area (Å²) in [6.07, 6.45) is 0.198. The molecule has 0 radical (unpaired) electrons. The monoisotopic (exact) mass is 661 g/mol. The standard InChI is InChI=1S/C24H47N5O10S3/c25-18(15-40)22(31)28-20(17-42)24(33)29-19(16-41)23(32)27-2-4-35-6-8-37-10-12-39-14-13-38-11-9-36-7-5-34-3-1-21(26)30/h18-20,40-42H,1-17,25H2,(H2,26,30)(H,27,32)(H,28,31)(H,29,33)/t18-,19-,20-/m0/s1. The van der Waals surface area contributed by atoms with Gasteiger partial charge in [-0.3, -0.25) is 19.2 Å². The lowest BCUT2D eigenvalue weighted by Gasteiger charge is -2.22. The predicted octanol–water partition coefficient (Wildman–Crippen LogP) is -2.84. The van der Waals surface area contributed by atoms with Crippen LogP contribution in [-0.4, -0.2) is 145 Å². The molecule has 4 amide bonds. The van der Waals surface area contributed by atoms with Crippen molar-refractivity contribution in [3.8, 4) is 0 Å². The second-order valence-electron chi connectivity index (χ2n) is 8.46. The average molecular weight is 662 g/mol. The van der Waals surface area contributed by atoms with Gasteiger partial charge in [0.05, 0.1) is 85.3 Å². The Balaban J connectivity index is 3.67. The molecule has 18 heteroatoms. The minimum atomic E-state index is -0.964. The van der Waals surface area contributed by atoms with Gasteiger partial charge < -0.3 is 55.8 Å². The third-order valence-electron chi connectivity index (χ3n) is 5.06. The highest BCUT2D eigenvalue weighted by Crippen LogP contribution is 1.96. The number of rotatable bonds is 29. The first-order valence-electron chi connectivity index (χ1n) is 13.5. The molecule has 0 rings (SSSR count). The first-order chi connectivity index (χ1) is 20.3. The molecule has 0 fully saturated rings. The van der Waals surface area contributed by atoms with Crippen molar-refractivity contribution >= 4 is 61.5 Å². The molecule has 0 saturated heterocycles. The van der Waals surface area contributed by atoms with Crippen LogP contribution in [0, 0.1) is 0 Å². The van der Waals surface area contributed by atoms with Crippen molar-refractivity contribution in [2.45, 2.75) is 24.5 Å². The fourth-order valence-corrected chi connectivity index (χ4v) is 3.45. The van der Waals surface area contributed by atoms with Crippen LogP contribution in [0.25, 0.3) is 0 Å². The Morgan fingerprint density at radius 2 is 0.929 bits per heavy atom. The second-order valence-corrected chi connectivity index (χ2v) is 9.55. The number of hydrogen-bond acceptors (Lipinski definition) is 14. The van der Waals surface area contributed by atoms with Gasteiger partial charge in [0.25, 0.3) is 0 Å². The number of ether oxygens (including phenoxy) is 6. The van der Waals surface area contributed by atoms with Crippen molar-refractivity contribution < 1.29 is 47.6 Å². The Morgan fingerprint density at radius 3 is 1.33 bits per heavy atom. The molecule has 15 nitrogen and oxygen atoms in total. The van der Waals surface area contributed by atoms with Crippen LogP contribution in [0.5, 0.6) is 0 Å². The van der Waals surface area contributed by atoms with E-state index in [1.807, 2.05) is 0 Å². The van der Waals surface area contributed by atoms with Gasteiger partial charge in [0.2, 0.25) is 23.6 Å². The van der Waals surface area contributed by atoms with Gasteiger partial charge in [0, 0.05) is 30.2 Å². The lowest BCUT2D eigenvalue weighted by Crippen LogP contribution is -2.57. The first kappa shape index (κ1) is 40.6. The molecular weight excluding hydrogens is 614 g/mol. The third-order valence-corrected chi connectivity index (χ3v) is 6.19. The molecule has 0 aromatic carbocycles. The highest BCUT2D eigenvalue weighted by Gasteiger charge is 2.26. The Labute approximate surface area is 263 Å². The summed E-state index contributed by atoms with van der Waals surface area (Å²) in [4.78, 5) is 47.3. The van der Waals surface area contributed by atoms with Gasteiger partial charge in [-0.25, -0.2) is 0 Å². The van der Waals surface area contributed by atoms with Crippen LogP contribution in [0.15, 0.2) is 0 Å². The topological polar surface area (TPSA) is 212 Å². The van der Waals surface area contributed by atoms with E-state index in [9.17, 15) is 19.2 Å². The summed E-state index contributed by atoms with van der Waals surface area (Å²) >= 11 is 12.1. The maximum absolute atomic E-state index is 12.4. The second kappa shape index (κ2) is 28.4. The molecular formula is C24H47N5O10S3. The fourth-order valence-electron chi connectivity index (χ4n) is 2.77. The van der Waals surface area contributed by atoms with E-state index in [2.05, 4.69) is 53.8 Å². The van der Waals surface area contributed by atoms with Crippen LogP contribution in [0.3, 0.4) is 0 Å². The number of primary amides is 1. The predicted molar refractivity (Wildman–Crippen MR) is 165 cm³/mol. The Bertz CT molecular complexity index is 745. The van der Waals surface area contributed by atoms with E-state index < -0.39 is 41.8 Å². The zero-order valence-electron chi connectivity index (χ0n) is 23.8. The smallest absolute Gasteiger partial charge is 0.244 e. The van der Waals surface area contributed by atoms with E-state index >= 15 is 0 Å². The van der Waals surface area contributed by atoms with Crippen molar-refractivity contribution in [2.75, 3.05) is 103 Å². The Kier molecular flexibility index (Phi) is 27.5. The van der Waals surface area contributed by atoms with Gasteiger partial charge in [0.15, 0.2) is 0 Å². The first-order valence-corrected chi connectivity index (χ1v) is 15.4. The average Bonchev–Trinajstić information content (AvgIpc) is 2.98.